The van der Waals surface area contributed by atoms with E-state index in [1.165, 1.54) is 6.07 Å². The fourth-order valence-corrected chi connectivity index (χ4v) is 1.91. The molecule has 0 bridgehead atoms. The van der Waals surface area contributed by atoms with Crippen LogP contribution in [-0.2, 0) is 20.1 Å². The molecule has 0 spiro atoms. The molecule has 0 fully saturated rings. The molecule has 6 heteroatoms. The number of hydrogen-bond donors (Lipinski definition) is 2. The van der Waals surface area contributed by atoms with Gasteiger partial charge in [0.15, 0.2) is 5.75 Å². The summed E-state index contributed by atoms with van der Waals surface area (Å²) in [7, 11) is 1.82. The Balaban J connectivity index is 2.22. The zero-order chi connectivity index (χ0) is 14.7. The summed E-state index contributed by atoms with van der Waals surface area (Å²) in [6.45, 7) is 2.24. The van der Waals surface area contributed by atoms with Crippen LogP contribution in [0.5, 0.6) is 5.75 Å². The van der Waals surface area contributed by atoms with Gasteiger partial charge in [0, 0.05) is 7.05 Å². The second-order valence-corrected chi connectivity index (χ2v) is 4.42. The van der Waals surface area contributed by atoms with Gasteiger partial charge >= 0.3 is 5.97 Å². The van der Waals surface area contributed by atoms with Crippen molar-refractivity contribution < 1.29 is 14.6 Å². The summed E-state index contributed by atoms with van der Waals surface area (Å²) >= 11 is 0. The third-order valence-corrected chi connectivity index (χ3v) is 3.03. The van der Waals surface area contributed by atoms with Crippen molar-refractivity contribution in [1.82, 2.24) is 9.78 Å². The number of anilines is 1. The quantitative estimate of drug-likeness (QED) is 0.812. The molecule has 0 aliphatic rings. The molecule has 0 atom stereocenters. The largest absolute Gasteiger partial charge is 0.484 e. The molecule has 2 rings (SSSR count). The van der Waals surface area contributed by atoms with Gasteiger partial charge in [0.25, 0.3) is 0 Å². The number of aromatic carboxylic acids is 1. The Hall–Kier alpha value is -2.50. The lowest BCUT2D eigenvalue weighted by Crippen LogP contribution is -2.08. The Bertz CT molecular complexity index is 635. The number of carbonyl (C=O) groups is 1. The summed E-state index contributed by atoms with van der Waals surface area (Å²) in [4.78, 5) is 11.1. The summed E-state index contributed by atoms with van der Waals surface area (Å²) in [6, 6.07) is 6.60. The minimum absolute atomic E-state index is 0.0582. The summed E-state index contributed by atoms with van der Waals surface area (Å²) in [5.41, 5.74) is 7.97. The van der Waals surface area contributed by atoms with Crippen molar-refractivity contribution in [3.8, 4) is 5.75 Å². The number of aromatic nitrogens is 2. The van der Waals surface area contributed by atoms with E-state index in [4.69, 9.17) is 15.6 Å². The standard InChI is InChI=1S/C14H17N3O3/c1-3-9-7-10(17(2)16-9)8-20-13-11(14(18)19)5-4-6-12(13)15/h4-7H,3,8,15H2,1-2H3,(H,18,19). The number of nitrogens with zero attached hydrogens (tertiary/aromatic N) is 2. The minimum Gasteiger partial charge on any atom is -0.484 e. The molecule has 6 nitrogen and oxygen atoms in total. The lowest BCUT2D eigenvalue weighted by Gasteiger charge is -2.11. The Morgan fingerprint density at radius 2 is 2.25 bits per heavy atom. The molecule has 0 aliphatic heterocycles. The van der Waals surface area contributed by atoms with Gasteiger partial charge < -0.3 is 15.6 Å². The number of ether oxygens (including phenoxy) is 1. The fourth-order valence-electron chi connectivity index (χ4n) is 1.91. The monoisotopic (exact) mass is 275 g/mol. The van der Waals surface area contributed by atoms with Gasteiger partial charge in [0.2, 0.25) is 0 Å². The number of rotatable bonds is 5. The van der Waals surface area contributed by atoms with Crippen LogP contribution in [0, 0.1) is 0 Å². The number of carboxylic acids is 1. The predicted octanol–water partition coefficient (Wildman–Crippen LogP) is 1.84. The van der Waals surface area contributed by atoms with Gasteiger partial charge in [-0.15, -0.1) is 0 Å². The smallest absolute Gasteiger partial charge is 0.339 e. The summed E-state index contributed by atoms with van der Waals surface area (Å²) in [5.74, 6) is -0.870. The molecule has 0 unspecified atom stereocenters. The summed E-state index contributed by atoms with van der Waals surface area (Å²) in [5, 5.41) is 13.4. The average Bonchev–Trinajstić information content (AvgIpc) is 2.77. The maximum Gasteiger partial charge on any atom is 0.339 e. The van der Waals surface area contributed by atoms with Crippen LogP contribution in [0.3, 0.4) is 0 Å². The predicted molar refractivity (Wildman–Crippen MR) is 74.7 cm³/mol. The van der Waals surface area contributed by atoms with Crippen molar-refractivity contribution in [3.05, 3.63) is 41.2 Å². The van der Waals surface area contributed by atoms with Gasteiger partial charge in [0.1, 0.15) is 12.2 Å². The molecule has 1 heterocycles. The third kappa shape index (κ3) is 2.74. The molecule has 0 radical (unpaired) electrons. The SMILES string of the molecule is CCc1cc(COc2c(N)cccc2C(=O)O)n(C)n1. The molecule has 2 aromatic rings. The van der Waals surface area contributed by atoms with E-state index in [0.717, 1.165) is 17.8 Å². The van der Waals surface area contributed by atoms with Crippen molar-refractivity contribution >= 4 is 11.7 Å². The van der Waals surface area contributed by atoms with E-state index in [1.54, 1.807) is 16.8 Å². The molecule has 0 amide bonds. The van der Waals surface area contributed by atoms with Crippen molar-refractivity contribution in [1.29, 1.82) is 0 Å². The summed E-state index contributed by atoms with van der Waals surface area (Å²) < 4.78 is 7.31. The molecule has 0 saturated heterocycles. The molecular weight excluding hydrogens is 258 g/mol. The molecule has 3 N–H and O–H groups in total. The molecular formula is C14H17N3O3. The third-order valence-electron chi connectivity index (χ3n) is 3.03. The van der Waals surface area contributed by atoms with Crippen LogP contribution in [0.25, 0.3) is 0 Å². The fraction of sp³-hybridized carbons (Fsp3) is 0.286. The van der Waals surface area contributed by atoms with Crippen molar-refractivity contribution in [2.24, 2.45) is 7.05 Å². The van der Waals surface area contributed by atoms with Crippen molar-refractivity contribution in [3.63, 3.8) is 0 Å². The van der Waals surface area contributed by atoms with Crippen LogP contribution >= 0.6 is 0 Å². The Morgan fingerprint density at radius 1 is 1.50 bits per heavy atom. The second-order valence-electron chi connectivity index (χ2n) is 4.42. The molecule has 20 heavy (non-hydrogen) atoms. The lowest BCUT2D eigenvalue weighted by atomic mass is 10.2. The van der Waals surface area contributed by atoms with E-state index < -0.39 is 5.97 Å². The number of carboxylic acid groups (broad SMARTS) is 1. The lowest BCUT2D eigenvalue weighted by molar-refractivity contribution is 0.0692. The van der Waals surface area contributed by atoms with Crippen LogP contribution in [0.2, 0.25) is 0 Å². The van der Waals surface area contributed by atoms with Crippen LogP contribution in [0.4, 0.5) is 5.69 Å². The molecule has 106 valence electrons. The van der Waals surface area contributed by atoms with Crippen LogP contribution in [-0.4, -0.2) is 20.9 Å². The first kappa shape index (κ1) is 13.9. The number of nitrogen functional groups attached to an aromatic ring is 1. The van der Waals surface area contributed by atoms with E-state index in [1.807, 2.05) is 20.0 Å². The van der Waals surface area contributed by atoms with E-state index in [9.17, 15) is 4.79 Å². The zero-order valence-corrected chi connectivity index (χ0v) is 11.5. The Morgan fingerprint density at radius 3 is 2.85 bits per heavy atom. The first-order chi connectivity index (χ1) is 9.52. The molecule has 0 saturated carbocycles. The van der Waals surface area contributed by atoms with E-state index in [-0.39, 0.29) is 17.9 Å². The van der Waals surface area contributed by atoms with Gasteiger partial charge in [-0.05, 0) is 24.6 Å². The maximum absolute atomic E-state index is 11.1. The second kappa shape index (κ2) is 5.64. The molecule has 0 aliphatic carbocycles. The van der Waals surface area contributed by atoms with Gasteiger partial charge in [0.05, 0.1) is 17.1 Å². The number of para-hydroxylation sites is 1. The number of benzene rings is 1. The average molecular weight is 275 g/mol. The van der Waals surface area contributed by atoms with Crippen molar-refractivity contribution in [2.45, 2.75) is 20.0 Å². The summed E-state index contributed by atoms with van der Waals surface area (Å²) in [6.07, 6.45) is 0.835. The highest BCUT2D eigenvalue weighted by Crippen LogP contribution is 2.27. The van der Waals surface area contributed by atoms with E-state index in [2.05, 4.69) is 5.10 Å². The van der Waals surface area contributed by atoms with Crippen LogP contribution in [0.15, 0.2) is 24.3 Å². The first-order valence-corrected chi connectivity index (χ1v) is 6.29. The van der Waals surface area contributed by atoms with Crippen LogP contribution in [0.1, 0.15) is 28.7 Å². The maximum atomic E-state index is 11.1. The highest BCUT2D eigenvalue weighted by molar-refractivity contribution is 5.93. The Labute approximate surface area is 116 Å². The van der Waals surface area contributed by atoms with Crippen molar-refractivity contribution in [2.75, 3.05) is 5.73 Å². The highest BCUT2D eigenvalue weighted by atomic mass is 16.5. The van der Waals surface area contributed by atoms with Gasteiger partial charge in [-0.2, -0.15) is 5.10 Å². The number of hydrogen-bond acceptors (Lipinski definition) is 4. The highest BCUT2D eigenvalue weighted by Gasteiger charge is 2.15. The normalized spacial score (nSPS) is 10.5. The van der Waals surface area contributed by atoms with Gasteiger partial charge in [-0.3, -0.25) is 4.68 Å². The molecule has 1 aromatic heterocycles. The topological polar surface area (TPSA) is 90.4 Å². The number of nitrogens with two attached hydrogens (primary N) is 1. The minimum atomic E-state index is -1.06. The Kier molecular flexibility index (Phi) is 3.93. The van der Waals surface area contributed by atoms with E-state index in [0.29, 0.717) is 5.69 Å². The van der Waals surface area contributed by atoms with E-state index >= 15 is 0 Å². The molecule has 1 aromatic carbocycles. The zero-order valence-electron chi connectivity index (χ0n) is 11.5. The first-order valence-electron chi connectivity index (χ1n) is 6.29. The van der Waals surface area contributed by atoms with Gasteiger partial charge in [-0.1, -0.05) is 13.0 Å². The number of aryl methyl sites for hydroxylation is 2. The van der Waals surface area contributed by atoms with Crippen LogP contribution < -0.4 is 10.5 Å². The van der Waals surface area contributed by atoms with Gasteiger partial charge in [-0.25, -0.2) is 4.79 Å².